The third-order valence-electron chi connectivity index (χ3n) is 7.28. The van der Waals surface area contributed by atoms with Gasteiger partial charge in [-0.15, -0.1) is 21.5 Å². The van der Waals surface area contributed by atoms with Crippen LogP contribution in [0.1, 0.15) is 62.4 Å². The molecular weight excluding hydrogens is 526 g/mol. The van der Waals surface area contributed by atoms with Gasteiger partial charge in [0.05, 0.1) is 16.3 Å². The van der Waals surface area contributed by atoms with Crippen molar-refractivity contribution in [2.24, 2.45) is 11.3 Å². The van der Waals surface area contributed by atoms with Crippen molar-refractivity contribution in [3.8, 4) is 11.8 Å². The second-order valence-corrected chi connectivity index (χ2v) is 12.3. The van der Waals surface area contributed by atoms with Gasteiger partial charge in [0.25, 0.3) is 0 Å². The molecule has 0 bridgehead atoms. The number of halogens is 1. The van der Waals surface area contributed by atoms with Gasteiger partial charge in [-0.3, -0.25) is 4.79 Å². The smallest absolute Gasteiger partial charge is 0.235 e. The summed E-state index contributed by atoms with van der Waals surface area (Å²) in [6.45, 7) is 9.75. The Morgan fingerprint density at radius 2 is 2.14 bits per heavy atom. The Kier molecular flexibility index (Phi) is 8.83. The molecule has 0 saturated heterocycles. The summed E-state index contributed by atoms with van der Waals surface area (Å²) in [5.74, 6) is 1.84. The maximum Gasteiger partial charge on any atom is 0.235 e. The lowest BCUT2D eigenvalue weighted by atomic mass is 9.69. The molecule has 0 fully saturated rings. The van der Waals surface area contributed by atoms with Crippen molar-refractivity contribution < 1.29 is 9.53 Å². The van der Waals surface area contributed by atoms with Gasteiger partial charge in [-0.25, -0.2) is 0 Å². The number of thiophene rings is 1. The third-order valence-corrected chi connectivity index (χ3v) is 9.73. The molecule has 0 aliphatic heterocycles. The van der Waals surface area contributed by atoms with E-state index in [-0.39, 0.29) is 23.7 Å². The van der Waals surface area contributed by atoms with Gasteiger partial charge in [0.1, 0.15) is 23.4 Å². The molecule has 1 aliphatic carbocycles. The molecule has 7 nitrogen and oxygen atoms in total. The number of nitriles is 1. The molecule has 1 aliphatic rings. The number of hydrogen-bond donors (Lipinski definition) is 1. The molecule has 37 heavy (non-hydrogen) atoms. The van der Waals surface area contributed by atoms with Gasteiger partial charge in [0.15, 0.2) is 11.0 Å². The van der Waals surface area contributed by atoms with Gasteiger partial charge in [-0.1, -0.05) is 62.7 Å². The normalized spacial score (nSPS) is 15.2. The van der Waals surface area contributed by atoms with E-state index < -0.39 is 0 Å². The van der Waals surface area contributed by atoms with Crippen LogP contribution in [-0.2, 0) is 30.8 Å². The van der Waals surface area contributed by atoms with E-state index in [4.69, 9.17) is 16.3 Å². The highest BCUT2D eigenvalue weighted by atomic mass is 35.5. The average Bonchev–Trinajstić information content (AvgIpc) is 3.45. The van der Waals surface area contributed by atoms with Crippen molar-refractivity contribution >= 4 is 45.6 Å². The molecule has 0 radical (unpaired) electrons. The van der Waals surface area contributed by atoms with Gasteiger partial charge in [-0.2, -0.15) is 5.26 Å². The second-order valence-electron chi connectivity index (χ2n) is 9.80. The Labute approximate surface area is 231 Å². The maximum absolute atomic E-state index is 12.9. The average molecular weight is 558 g/mol. The molecule has 1 atom stereocenters. The van der Waals surface area contributed by atoms with Gasteiger partial charge >= 0.3 is 0 Å². The van der Waals surface area contributed by atoms with Gasteiger partial charge in [0, 0.05) is 11.4 Å². The van der Waals surface area contributed by atoms with Crippen molar-refractivity contribution in [1.82, 2.24) is 14.8 Å². The summed E-state index contributed by atoms with van der Waals surface area (Å²) < 4.78 is 7.74. The highest BCUT2D eigenvalue weighted by Crippen LogP contribution is 2.45. The van der Waals surface area contributed by atoms with Crippen molar-refractivity contribution in [1.29, 1.82) is 5.26 Å². The first kappa shape index (κ1) is 27.5. The maximum atomic E-state index is 12.9. The highest BCUT2D eigenvalue weighted by molar-refractivity contribution is 7.99. The SMILES string of the molecule is CCn1c(COc2ccccc2Cl)nnc1SCC(=O)Nc1sc2c(c1C#N)CCC(C(C)(C)CC)C2. The Balaban J connectivity index is 1.39. The molecule has 1 unspecified atom stereocenters. The summed E-state index contributed by atoms with van der Waals surface area (Å²) >= 11 is 9.05. The second kappa shape index (κ2) is 11.9. The monoisotopic (exact) mass is 557 g/mol. The van der Waals surface area contributed by atoms with Crippen molar-refractivity contribution in [2.45, 2.75) is 71.7 Å². The number of carbonyl (C=O) groups is 1. The van der Waals surface area contributed by atoms with Crippen molar-refractivity contribution in [2.75, 3.05) is 11.1 Å². The highest BCUT2D eigenvalue weighted by Gasteiger charge is 2.34. The lowest BCUT2D eigenvalue weighted by Crippen LogP contribution is -2.28. The van der Waals surface area contributed by atoms with E-state index in [0.717, 1.165) is 31.2 Å². The minimum atomic E-state index is -0.162. The van der Waals surface area contributed by atoms with E-state index in [9.17, 15) is 10.1 Å². The molecular formula is C27H32ClN5O2S2. The molecule has 0 spiro atoms. The number of rotatable bonds is 10. The summed E-state index contributed by atoms with van der Waals surface area (Å²) in [5.41, 5.74) is 2.01. The number of amides is 1. The fraction of sp³-hybridized carbons (Fsp3) is 0.481. The van der Waals surface area contributed by atoms with Crippen LogP contribution < -0.4 is 10.1 Å². The zero-order valence-corrected chi connectivity index (χ0v) is 24.0. The van der Waals surface area contributed by atoms with E-state index in [1.165, 1.54) is 16.6 Å². The minimum absolute atomic E-state index is 0.162. The van der Waals surface area contributed by atoms with Crippen LogP contribution in [0.5, 0.6) is 5.75 Å². The predicted octanol–water partition coefficient (Wildman–Crippen LogP) is 6.74. The Hall–Kier alpha value is -2.54. The van der Waals surface area contributed by atoms with Gasteiger partial charge in [0.2, 0.25) is 5.91 Å². The summed E-state index contributed by atoms with van der Waals surface area (Å²) in [6, 6.07) is 9.62. The number of carbonyl (C=O) groups excluding carboxylic acids is 1. The minimum Gasteiger partial charge on any atom is -0.484 e. The Bertz CT molecular complexity index is 1310. The quantitative estimate of drug-likeness (QED) is 0.278. The first-order valence-corrected chi connectivity index (χ1v) is 14.7. The van der Waals surface area contributed by atoms with E-state index in [2.05, 4.69) is 42.4 Å². The fourth-order valence-electron chi connectivity index (χ4n) is 4.60. The van der Waals surface area contributed by atoms with E-state index >= 15 is 0 Å². The molecule has 1 aromatic carbocycles. The summed E-state index contributed by atoms with van der Waals surface area (Å²) in [6.07, 6.45) is 4.07. The van der Waals surface area contributed by atoms with Crippen LogP contribution in [0.3, 0.4) is 0 Å². The predicted molar refractivity (Wildman–Crippen MR) is 149 cm³/mol. The van der Waals surface area contributed by atoms with E-state index in [1.807, 2.05) is 23.6 Å². The summed E-state index contributed by atoms with van der Waals surface area (Å²) in [5, 5.41) is 23.2. The lowest BCUT2D eigenvalue weighted by Gasteiger charge is -2.36. The molecule has 1 N–H and O–H groups in total. The molecule has 3 aromatic rings. The topological polar surface area (TPSA) is 92.8 Å². The number of hydrogen-bond acceptors (Lipinski definition) is 7. The van der Waals surface area contributed by atoms with Crippen molar-refractivity contribution in [3.05, 3.63) is 51.1 Å². The molecule has 2 aromatic heterocycles. The number of thioether (sulfide) groups is 1. The third kappa shape index (κ3) is 6.14. The van der Waals surface area contributed by atoms with Crippen LogP contribution in [0.25, 0.3) is 0 Å². The van der Waals surface area contributed by atoms with Crippen LogP contribution in [-0.4, -0.2) is 26.4 Å². The first-order valence-electron chi connectivity index (χ1n) is 12.5. The molecule has 1 amide bonds. The molecule has 4 rings (SSSR count). The van der Waals surface area contributed by atoms with Crippen molar-refractivity contribution in [3.63, 3.8) is 0 Å². The largest absolute Gasteiger partial charge is 0.484 e. The molecule has 2 heterocycles. The molecule has 196 valence electrons. The molecule has 10 heteroatoms. The number of para-hydroxylation sites is 1. The van der Waals surface area contributed by atoms with Gasteiger partial charge in [-0.05, 0) is 55.2 Å². The summed E-state index contributed by atoms with van der Waals surface area (Å²) in [7, 11) is 0. The standard InChI is InChI=1S/C27H32ClN5O2S2/c1-5-27(3,4)17-11-12-18-19(14-29)25(37-22(18)13-17)30-24(34)16-36-26-32-31-23(33(26)6-2)15-35-21-10-8-7-9-20(21)28/h7-10,17H,5-6,11-13,15-16H2,1-4H3,(H,30,34). The Morgan fingerprint density at radius 3 is 2.84 bits per heavy atom. The summed E-state index contributed by atoms with van der Waals surface area (Å²) in [4.78, 5) is 14.1. The number of ether oxygens (including phenoxy) is 1. The van der Waals surface area contributed by atoms with Crippen LogP contribution in [0.2, 0.25) is 5.02 Å². The lowest BCUT2D eigenvalue weighted by molar-refractivity contribution is -0.113. The number of aromatic nitrogens is 3. The zero-order valence-electron chi connectivity index (χ0n) is 21.6. The number of anilines is 1. The Morgan fingerprint density at radius 1 is 1.35 bits per heavy atom. The number of benzene rings is 1. The van der Waals surface area contributed by atoms with Gasteiger partial charge < -0.3 is 14.6 Å². The van der Waals surface area contributed by atoms with E-state index in [0.29, 0.717) is 44.8 Å². The molecule has 0 saturated carbocycles. The van der Waals surface area contributed by atoms with Crippen LogP contribution in [0, 0.1) is 22.7 Å². The van der Waals surface area contributed by atoms with E-state index in [1.54, 1.807) is 23.5 Å². The fourth-order valence-corrected chi connectivity index (χ4v) is 6.90. The van der Waals surface area contributed by atoms with Crippen LogP contribution in [0.4, 0.5) is 5.00 Å². The van der Waals surface area contributed by atoms with Crippen LogP contribution in [0.15, 0.2) is 29.4 Å². The first-order chi connectivity index (χ1) is 17.8. The zero-order chi connectivity index (χ0) is 26.6. The number of fused-ring (bicyclic) bond motifs is 1. The number of nitrogens with zero attached hydrogens (tertiary/aromatic N) is 4. The number of nitrogens with one attached hydrogen (secondary N) is 1. The van der Waals surface area contributed by atoms with Crippen LogP contribution >= 0.6 is 34.7 Å².